The Morgan fingerprint density at radius 2 is 1.65 bits per heavy atom. The fourth-order valence-corrected chi connectivity index (χ4v) is 3.26. The minimum Gasteiger partial charge on any atom is -0.465 e. The largest absolute Gasteiger partial charge is 0.465 e. The van der Waals surface area contributed by atoms with E-state index in [0.29, 0.717) is 15.4 Å². The maximum absolute atomic E-state index is 11.7. The van der Waals surface area contributed by atoms with Crippen molar-refractivity contribution in [2.24, 2.45) is 10.2 Å². The van der Waals surface area contributed by atoms with E-state index in [2.05, 4.69) is 16.3 Å². The zero-order chi connectivity index (χ0) is 18.4. The van der Waals surface area contributed by atoms with E-state index in [-0.39, 0.29) is 6.04 Å². The normalized spacial score (nSPS) is 10.8. The molecule has 0 N–H and O–H groups in total. The van der Waals surface area contributed by atoms with E-state index in [4.69, 9.17) is 4.74 Å². The summed E-state index contributed by atoms with van der Waals surface area (Å²) in [6.07, 6.45) is 0. The van der Waals surface area contributed by atoms with Crippen LogP contribution in [0.1, 0.15) is 31.7 Å². The second kappa shape index (κ2) is 8.19. The highest BCUT2D eigenvalue weighted by atomic mass is 32.1. The minimum atomic E-state index is -0.490. The van der Waals surface area contributed by atoms with Crippen LogP contribution in [0.3, 0.4) is 0 Å². The number of rotatable bonds is 5. The van der Waals surface area contributed by atoms with Crippen molar-refractivity contribution >= 4 is 23.0 Å². The number of hydrogen-bond acceptors (Lipinski definition) is 6. The molecule has 128 valence electrons. The fraction of sp³-hybridized carbons (Fsp3) is 0.100. The molecule has 1 heterocycles. The maximum atomic E-state index is 11.7. The second-order valence-electron chi connectivity index (χ2n) is 5.37. The topological polar surface area (TPSA) is 74.8 Å². The molecular weight excluding hydrogens is 346 g/mol. The van der Waals surface area contributed by atoms with Gasteiger partial charge in [0.25, 0.3) is 0 Å². The van der Waals surface area contributed by atoms with Crippen molar-refractivity contribution in [1.82, 2.24) is 0 Å². The molecule has 0 saturated heterocycles. The molecule has 3 aromatic rings. The predicted octanol–water partition coefficient (Wildman–Crippen LogP) is 5.28. The van der Waals surface area contributed by atoms with Crippen molar-refractivity contribution in [2.75, 3.05) is 7.11 Å². The van der Waals surface area contributed by atoms with Crippen molar-refractivity contribution in [2.45, 2.75) is 6.04 Å². The molecule has 0 fully saturated rings. The van der Waals surface area contributed by atoms with Gasteiger partial charge in [-0.2, -0.15) is 15.5 Å². The summed E-state index contributed by atoms with van der Waals surface area (Å²) in [6.45, 7) is 0. The van der Waals surface area contributed by atoms with Gasteiger partial charge in [-0.15, -0.1) is 11.3 Å². The Morgan fingerprint density at radius 1 is 1.08 bits per heavy atom. The summed E-state index contributed by atoms with van der Waals surface area (Å²) >= 11 is 1.05. The van der Waals surface area contributed by atoms with Crippen LogP contribution in [0, 0.1) is 11.3 Å². The molecule has 0 radical (unpaired) electrons. The molecule has 0 aliphatic carbocycles. The maximum Gasteiger partial charge on any atom is 0.348 e. The van der Waals surface area contributed by atoms with Crippen LogP contribution in [-0.2, 0) is 4.74 Å². The van der Waals surface area contributed by atoms with Crippen LogP contribution < -0.4 is 0 Å². The fourth-order valence-electron chi connectivity index (χ4n) is 2.45. The third-order valence-corrected chi connectivity index (χ3v) is 4.72. The number of nitriles is 1. The van der Waals surface area contributed by atoms with Gasteiger partial charge in [0, 0.05) is 0 Å². The van der Waals surface area contributed by atoms with Gasteiger partial charge in [-0.05, 0) is 17.2 Å². The molecule has 1 aromatic heterocycles. The molecule has 0 amide bonds. The zero-order valence-electron chi connectivity index (χ0n) is 14.0. The molecule has 0 atom stereocenters. The van der Waals surface area contributed by atoms with Crippen LogP contribution in [-0.4, -0.2) is 13.1 Å². The number of azo groups is 1. The van der Waals surface area contributed by atoms with Crippen molar-refractivity contribution < 1.29 is 9.53 Å². The predicted molar refractivity (Wildman–Crippen MR) is 99.6 cm³/mol. The van der Waals surface area contributed by atoms with Crippen LogP contribution in [0.25, 0.3) is 0 Å². The van der Waals surface area contributed by atoms with Crippen molar-refractivity contribution in [3.8, 4) is 6.07 Å². The summed E-state index contributed by atoms with van der Waals surface area (Å²) in [5.74, 6) is -0.490. The SMILES string of the molecule is COC(=O)c1cc(N=NC(c2ccccc2)c2ccccc2)c(C#N)s1. The Kier molecular flexibility index (Phi) is 5.52. The molecular formula is C20H15N3O2S. The molecule has 0 saturated carbocycles. The Hall–Kier alpha value is -3.30. The highest BCUT2D eigenvalue weighted by molar-refractivity contribution is 7.15. The van der Waals surface area contributed by atoms with Crippen molar-refractivity contribution in [3.05, 3.63) is 87.6 Å². The molecule has 0 bridgehead atoms. The lowest BCUT2D eigenvalue weighted by Gasteiger charge is -2.11. The van der Waals surface area contributed by atoms with E-state index in [0.717, 1.165) is 22.5 Å². The average molecular weight is 361 g/mol. The van der Waals surface area contributed by atoms with E-state index >= 15 is 0 Å². The van der Waals surface area contributed by atoms with Gasteiger partial charge in [0.05, 0.1) is 7.11 Å². The summed E-state index contributed by atoms with van der Waals surface area (Å²) in [5, 5.41) is 18.0. The van der Waals surface area contributed by atoms with E-state index in [9.17, 15) is 10.1 Å². The Morgan fingerprint density at radius 3 is 2.15 bits per heavy atom. The minimum absolute atomic E-state index is 0.301. The Bertz CT molecular complexity index is 920. The van der Waals surface area contributed by atoms with Gasteiger partial charge in [0.1, 0.15) is 27.6 Å². The van der Waals surface area contributed by atoms with Crippen LogP contribution in [0.2, 0.25) is 0 Å². The molecule has 0 aliphatic heterocycles. The summed E-state index contributed by atoms with van der Waals surface area (Å²) in [4.78, 5) is 12.3. The van der Waals surface area contributed by atoms with E-state index in [1.807, 2.05) is 60.7 Å². The van der Waals surface area contributed by atoms with E-state index < -0.39 is 5.97 Å². The first-order valence-electron chi connectivity index (χ1n) is 7.86. The summed E-state index contributed by atoms with van der Waals surface area (Å²) in [7, 11) is 1.30. The number of ether oxygens (including phenoxy) is 1. The summed E-state index contributed by atoms with van der Waals surface area (Å²) < 4.78 is 4.70. The van der Waals surface area contributed by atoms with Crippen molar-refractivity contribution in [1.29, 1.82) is 5.26 Å². The third kappa shape index (κ3) is 3.85. The number of hydrogen-bond donors (Lipinski definition) is 0. The van der Waals surface area contributed by atoms with E-state index in [1.54, 1.807) is 0 Å². The summed E-state index contributed by atoms with van der Waals surface area (Å²) in [6, 6.07) is 22.9. The van der Waals surface area contributed by atoms with Gasteiger partial charge >= 0.3 is 5.97 Å². The lowest BCUT2D eigenvalue weighted by atomic mass is 10.00. The van der Waals surface area contributed by atoms with Crippen LogP contribution in [0.4, 0.5) is 5.69 Å². The first kappa shape index (κ1) is 17.5. The van der Waals surface area contributed by atoms with Gasteiger partial charge in [0.15, 0.2) is 0 Å². The molecule has 0 aliphatic rings. The molecule has 0 unspecified atom stereocenters. The van der Waals surface area contributed by atoms with Crippen LogP contribution >= 0.6 is 11.3 Å². The summed E-state index contributed by atoms with van der Waals surface area (Å²) in [5.41, 5.74) is 2.35. The molecule has 3 rings (SSSR count). The van der Waals surface area contributed by atoms with Gasteiger partial charge in [0.2, 0.25) is 0 Å². The molecule has 2 aromatic carbocycles. The lowest BCUT2D eigenvalue weighted by Crippen LogP contribution is -1.97. The highest BCUT2D eigenvalue weighted by Crippen LogP contribution is 2.33. The van der Waals surface area contributed by atoms with Crippen molar-refractivity contribution in [3.63, 3.8) is 0 Å². The number of thiophene rings is 1. The highest BCUT2D eigenvalue weighted by Gasteiger charge is 2.17. The number of nitrogens with zero attached hydrogens (tertiary/aromatic N) is 3. The lowest BCUT2D eigenvalue weighted by molar-refractivity contribution is 0.0606. The average Bonchev–Trinajstić information content (AvgIpc) is 3.12. The van der Waals surface area contributed by atoms with Gasteiger partial charge < -0.3 is 4.74 Å². The molecule has 0 spiro atoms. The quantitative estimate of drug-likeness (QED) is 0.458. The van der Waals surface area contributed by atoms with Gasteiger partial charge in [-0.1, -0.05) is 60.7 Å². The monoisotopic (exact) mass is 361 g/mol. The van der Waals surface area contributed by atoms with Gasteiger partial charge in [-0.25, -0.2) is 4.79 Å². The van der Waals surface area contributed by atoms with Crippen LogP contribution in [0.5, 0.6) is 0 Å². The first-order valence-corrected chi connectivity index (χ1v) is 8.67. The molecule has 6 heteroatoms. The Labute approximate surface area is 155 Å². The van der Waals surface area contributed by atoms with Gasteiger partial charge in [-0.3, -0.25) is 0 Å². The first-order chi connectivity index (χ1) is 12.7. The smallest absolute Gasteiger partial charge is 0.348 e. The number of carbonyl (C=O) groups is 1. The van der Waals surface area contributed by atoms with E-state index in [1.165, 1.54) is 13.2 Å². The Balaban J connectivity index is 1.99. The second-order valence-corrected chi connectivity index (χ2v) is 6.42. The zero-order valence-corrected chi connectivity index (χ0v) is 14.8. The third-order valence-electron chi connectivity index (χ3n) is 3.71. The standard InChI is InChI=1S/C20H15N3O2S/c1-25-20(24)17-12-16(18(13-21)26-17)22-23-19(14-8-4-2-5-9-14)15-10-6-3-7-11-15/h2-12,19H,1H3. The number of esters is 1. The number of benzene rings is 2. The number of methoxy groups -OCH3 is 1. The molecule has 26 heavy (non-hydrogen) atoms. The molecule has 5 nitrogen and oxygen atoms in total. The van der Waals surface area contributed by atoms with Crippen LogP contribution in [0.15, 0.2) is 77.0 Å². The number of carbonyl (C=O) groups excluding carboxylic acids is 1.